The summed E-state index contributed by atoms with van der Waals surface area (Å²) in [5, 5.41) is 3.39. The van der Waals surface area contributed by atoms with Gasteiger partial charge in [-0.1, -0.05) is 42.8 Å². The van der Waals surface area contributed by atoms with Crippen LogP contribution in [0.5, 0.6) is 0 Å². The molecule has 0 atom stereocenters. The van der Waals surface area contributed by atoms with Crippen molar-refractivity contribution in [3.05, 3.63) is 59.7 Å². The number of anilines is 2. The van der Waals surface area contributed by atoms with Gasteiger partial charge in [0.2, 0.25) is 0 Å². The number of rotatable bonds is 5. The minimum atomic E-state index is 0.906. The van der Waals surface area contributed by atoms with Crippen molar-refractivity contribution in [3.8, 4) is 0 Å². The number of nitrogens with zero attached hydrogens (tertiary/aromatic N) is 1. The van der Waals surface area contributed by atoms with E-state index in [1.165, 1.54) is 22.5 Å². The van der Waals surface area contributed by atoms with Crippen LogP contribution >= 0.6 is 0 Å². The van der Waals surface area contributed by atoms with E-state index < -0.39 is 0 Å². The molecule has 1 N–H and O–H groups in total. The lowest BCUT2D eigenvalue weighted by Crippen LogP contribution is -2.17. The summed E-state index contributed by atoms with van der Waals surface area (Å²) >= 11 is 0. The highest BCUT2D eigenvalue weighted by Crippen LogP contribution is 2.27. The van der Waals surface area contributed by atoms with E-state index in [-0.39, 0.29) is 0 Å². The Labute approximate surface area is 116 Å². The van der Waals surface area contributed by atoms with Crippen LogP contribution in [0.25, 0.3) is 0 Å². The molecule has 0 aromatic heterocycles. The summed E-state index contributed by atoms with van der Waals surface area (Å²) in [6.45, 7) is 6.14. The lowest BCUT2D eigenvalue weighted by Gasteiger charge is -2.23. The standard InChI is InChI=1S/C17H22N2/c1-4-18-13-15-7-5-6-8-17(15)19(3)16-11-9-14(2)10-12-16/h5-12,18H,4,13H2,1-3H3. The highest BCUT2D eigenvalue weighted by Gasteiger charge is 2.08. The maximum absolute atomic E-state index is 3.39. The first kappa shape index (κ1) is 13.6. The molecule has 2 aromatic carbocycles. The Morgan fingerprint density at radius 3 is 2.37 bits per heavy atom. The van der Waals surface area contributed by atoms with Crippen molar-refractivity contribution in [2.24, 2.45) is 0 Å². The van der Waals surface area contributed by atoms with Crippen molar-refractivity contribution in [3.63, 3.8) is 0 Å². The SMILES string of the molecule is CCNCc1ccccc1N(C)c1ccc(C)cc1. The smallest absolute Gasteiger partial charge is 0.0453 e. The van der Waals surface area contributed by atoms with Crippen molar-refractivity contribution in [1.82, 2.24) is 5.32 Å². The second kappa shape index (κ2) is 6.39. The first-order valence-corrected chi connectivity index (χ1v) is 6.81. The highest BCUT2D eigenvalue weighted by atomic mass is 15.1. The second-order valence-corrected chi connectivity index (χ2v) is 4.80. The number of hydrogen-bond donors (Lipinski definition) is 1. The zero-order valence-corrected chi connectivity index (χ0v) is 12.0. The van der Waals surface area contributed by atoms with E-state index in [9.17, 15) is 0 Å². The third-order valence-electron chi connectivity index (χ3n) is 3.34. The van der Waals surface area contributed by atoms with Gasteiger partial charge in [0.1, 0.15) is 0 Å². The summed E-state index contributed by atoms with van der Waals surface area (Å²) in [6.07, 6.45) is 0. The minimum Gasteiger partial charge on any atom is -0.344 e. The van der Waals surface area contributed by atoms with Crippen LogP contribution in [0, 0.1) is 6.92 Å². The van der Waals surface area contributed by atoms with Gasteiger partial charge in [0.25, 0.3) is 0 Å². The fourth-order valence-corrected chi connectivity index (χ4v) is 2.15. The molecular formula is C17H22N2. The average molecular weight is 254 g/mol. The third kappa shape index (κ3) is 3.36. The van der Waals surface area contributed by atoms with Crippen molar-refractivity contribution in [2.45, 2.75) is 20.4 Å². The Morgan fingerprint density at radius 1 is 1.00 bits per heavy atom. The van der Waals surface area contributed by atoms with Crippen molar-refractivity contribution in [2.75, 3.05) is 18.5 Å². The fraction of sp³-hybridized carbons (Fsp3) is 0.294. The number of benzene rings is 2. The summed E-state index contributed by atoms with van der Waals surface area (Å²) in [5.41, 5.74) is 5.09. The van der Waals surface area contributed by atoms with Crippen LogP contribution in [-0.2, 0) is 6.54 Å². The largest absolute Gasteiger partial charge is 0.344 e. The van der Waals surface area contributed by atoms with Gasteiger partial charge in [-0.3, -0.25) is 0 Å². The van der Waals surface area contributed by atoms with E-state index in [1.54, 1.807) is 0 Å². The average Bonchev–Trinajstić information content (AvgIpc) is 2.45. The molecule has 2 aromatic rings. The molecule has 0 aliphatic rings. The monoisotopic (exact) mass is 254 g/mol. The Bertz CT molecular complexity index is 517. The first-order chi connectivity index (χ1) is 9.22. The molecule has 0 aliphatic carbocycles. The normalized spacial score (nSPS) is 10.5. The molecule has 0 unspecified atom stereocenters. The summed E-state index contributed by atoms with van der Waals surface area (Å²) < 4.78 is 0. The molecule has 100 valence electrons. The molecule has 2 nitrogen and oxygen atoms in total. The Hall–Kier alpha value is -1.80. The fourth-order valence-electron chi connectivity index (χ4n) is 2.15. The number of hydrogen-bond acceptors (Lipinski definition) is 2. The lowest BCUT2D eigenvalue weighted by atomic mass is 10.1. The third-order valence-corrected chi connectivity index (χ3v) is 3.34. The maximum Gasteiger partial charge on any atom is 0.0453 e. The predicted octanol–water partition coefficient (Wildman–Crippen LogP) is 3.87. The van der Waals surface area contributed by atoms with Gasteiger partial charge in [-0.05, 0) is 37.2 Å². The molecule has 19 heavy (non-hydrogen) atoms. The van der Waals surface area contributed by atoms with E-state index in [4.69, 9.17) is 0 Å². The van der Waals surface area contributed by atoms with E-state index in [0.29, 0.717) is 0 Å². The molecule has 0 aliphatic heterocycles. The topological polar surface area (TPSA) is 15.3 Å². The first-order valence-electron chi connectivity index (χ1n) is 6.81. The summed E-state index contributed by atoms with van der Waals surface area (Å²) in [4.78, 5) is 2.24. The van der Waals surface area contributed by atoms with Crippen LogP contribution in [0.2, 0.25) is 0 Å². The molecule has 0 saturated carbocycles. The van der Waals surface area contributed by atoms with Crippen LogP contribution < -0.4 is 10.2 Å². The molecule has 2 heteroatoms. The molecule has 0 bridgehead atoms. The number of nitrogens with one attached hydrogen (secondary N) is 1. The van der Waals surface area contributed by atoms with Crippen LogP contribution in [0.15, 0.2) is 48.5 Å². The Kier molecular flexibility index (Phi) is 4.58. The zero-order valence-electron chi connectivity index (χ0n) is 12.0. The quantitative estimate of drug-likeness (QED) is 0.871. The zero-order chi connectivity index (χ0) is 13.7. The van der Waals surface area contributed by atoms with Gasteiger partial charge >= 0.3 is 0 Å². The lowest BCUT2D eigenvalue weighted by molar-refractivity contribution is 0.726. The van der Waals surface area contributed by atoms with Gasteiger partial charge in [-0.15, -0.1) is 0 Å². The number of aryl methyl sites for hydroxylation is 1. The van der Waals surface area contributed by atoms with E-state index >= 15 is 0 Å². The van der Waals surface area contributed by atoms with Gasteiger partial charge < -0.3 is 10.2 Å². The van der Waals surface area contributed by atoms with Gasteiger partial charge in [-0.25, -0.2) is 0 Å². The van der Waals surface area contributed by atoms with Crippen molar-refractivity contribution < 1.29 is 0 Å². The van der Waals surface area contributed by atoms with Crippen LogP contribution in [0.4, 0.5) is 11.4 Å². The molecule has 0 fully saturated rings. The van der Waals surface area contributed by atoms with Crippen LogP contribution in [-0.4, -0.2) is 13.6 Å². The summed E-state index contributed by atoms with van der Waals surface area (Å²) in [7, 11) is 2.12. The van der Waals surface area contributed by atoms with Gasteiger partial charge in [0, 0.05) is 25.0 Å². The molecule has 0 radical (unpaired) electrons. The molecule has 0 amide bonds. The highest BCUT2D eigenvalue weighted by molar-refractivity contribution is 5.65. The van der Waals surface area contributed by atoms with Crippen LogP contribution in [0.1, 0.15) is 18.1 Å². The van der Waals surface area contributed by atoms with E-state index in [1.807, 2.05) is 0 Å². The molecule has 2 rings (SSSR count). The Balaban J connectivity index is 2.27. The van der Waals surface area contributed by atoms with E-state index in [2.05, 4.69) is 79.6 Å². The van der Waals surface area contributed by atoms with Gasteiger partial charge in [0.05, 0.1) is 0 Å². The van der Waals surface area contributed by atoms with Crippen molar-refractivity contribution in [1.29, 1.82) is 0 Å². The van der Waals surface area contributed by atoms with Crippen molar-refractivity contribution >= 4 is 11.4 Å². The van der Waals surface area contributed by atoms with Gasteiger partial charge in [0.15, 0.2) is 0 Å². The van der Waals surface area contributed by atoms with Crippen LogP contribution in [0.3, 0.4) is 0 Å². The molecule has 0 spiro atoms. The number of para-hydroxylation sites is 1. The minimum absolute atomic E-state index is 0.906. The summed E-state index contributed by atoms with van der Waals surface area (Å²) in [5.74, 6) is 0. The van der Waals surface area contributed by atoms with E-state index in [0.717, 1.165) is 13.1 Å². The maximum atomic E-state index is 3.39. The summed E-state index contributed by atoms with van der Waals surface area (Å²) in [6, 6.07) is 17.2. The molecule has 0 saturated heterocycles. The Morgan fingerprint density at radius 2 is 1.68 bits per heavy atom. The molecular weight excluding hydrogens is 232 g/mol. The molecule has 0 heterocycles. The van der Waals surface area contributed by atoms with Gasteiger partial charge in [-0.2, -0.15) is 0 Å². The second-order valence-electron chi connectivity index (χ2n) is 4.80. The predicted molar refractivity (Wildman–Crippen MR) is 83.1 cm³/mol.